The maximum atomic E-state index is 12.8. The Balaban J connectivity index is 2.20. The van der Waals surface area contributed by atoms with Gasteiger partial charge in [0.05, 0.1) is 18.6 Å². The largest absolute Gasteiger partial charge is 0.490 e. The normalized spacial score (nSPS) is 20.2. The molecule has 6 nitrogen and oxygen atoms in total. The number of nitrogens with zero attached hydrogens (tertiary/aromatic N) is 1. The van der Waals surface area contributed by atoms with Gasteiger partial charge in [-0.05, 0) is 51.3 Å². The zero-order valence-electron chi connectivity index (χ0n) is 15.2. The minimum atomic E-state index is -0.888. The lowest BCUT2D eigenvalue weighted by atomic mass is 9.82. The standard InChI is InChI=1S/C19H27NO5/c1-4-11-25-15-8-7-14(12-16(15)24-5-2)17(21)20-10-6-9-19(3,13-20)18(22)23/h7-8,12H,4-6,9-11,13H2,1-3H3,(H,22,23). The Morgan fingerprint density at radius 2 is 2.00 bits per heavy atom. The lowest BCUT2D eigenvalue weighted by molar-refractivity contribution is -0.150. The van der Waals surface area contributed by atoms with Gasteiger partial charge in [0.25, 0.3) is 5.91 Å². The highest BCUT2D eigenvalue weighted by Gasteiger charge is 2.39. The quantitative estimate of drug-likeness (QED) is 0.818. The molecule has 0 radical (unpaired) electrons. The highest BCUT2D eigenvalue weighted by molar-refractivity contribution is 5.95. The molecule has 138 valence electrons. The Morgan fingerprint density at radius 3 is 2.64 bits per heavy atom. The second kappa shape index (κ2) is 8.23. The summed E-state index contributed by atoms with van der Waals surface area (Å²) in [6.07, 6.45) is 2.15. The van der Waals surface area contributed by atoms with Gasteiger partial charge in [-0.2, -0.15) is 0 Å². The van der Waals surface area contributed by atoms with Gasteiger partial charge < -0.3 is 19.5 Å². The minimum absolute atomic E-state index is 0.171. The summed E-state index contributed by atoms with van der Waals surface area (Å²) in [5, 5.41) is 9.43. The average molecular weight is 349 g/mol. The van der Waals surface area contributed by atoms with Crippen molar-refractivity contribution in [1.29, 1.82) is 0 Å². The molecule has 25 heavy (non-hydrogen) atoms. The van der Waals surface area contributed by atoms with Gasteiger partial charge in [-0.15, -0.1) is 0 Å². The van der Waals surface area contributed by atoms with Crippen LogP contribution in [-0.4, -0.2) is 48.2 Å². The summed E-state index contributed by atoms with van der Waals surface area (Å²) in [7, 11) is 0. The molecule has 1 aromatic carbocycles. The van der Waals surface area contributed by atoms with Crippen LogP contribution < -0.4 is 9.47 Å². The van der Waals surface area contributed by atoms with E-state index in [4.69, 9.17) is 9.47 Å². The third kappa shape index (κ3) is 4.44. The lowest BCUT2D eigenvalue weighted by Gasteiger charge is -2.37. The summed E-state index contributed by atoms with van der Waals surface area (Å²) in [6.45, 7) is 7.44. The van der Waals surface area contributed by atoms with Gasteiger partial charge in [0.15, 0.2) is 11.5 Å². The topological polar surface area (TPSA) is 76.1 Å². The SMILES string of the molecule is CCCOc1ccc(C(=O)N2CCCC(C)(C(=O)O)C2)cc1OCC. The summed E-state index contributed by atoms with van der Waals surface area (Å²) >= 11 is 0. The number of aliphatic carboxylic acids is 1. The van der Waals surface area contributed by atoms with Crippen LogP contribution in [-0.2, 0) is 4.79 Å². The minimum Gasteiger partial charge on any atom is -0.490 e. The van der Waals surface area contributed by atoms with Gasteiger partial charge in [-0.25, -0.2) is 0 Å². The highest BCUT2D eigenvalue weighted by atomic mass is 16.5. The van der Waals surface area contributed by atoms with Crippen molar-refractivity contribution < 1.29 is 24.2 Å². The molecule has 0 spiro atoms. The van der Waals surface area contributed by atoms with Crippen molar-refractivity contribution >= 4 is 11.9 Å². The molecule has 1 aromatic rings. The average Bonchev–Trinajstić information content (AvgIpc) is 2.60. The van der Waals surface area contributed by atoms with E-state index in [1.807, 2.05) is 13.8 Å². The van der Waals surface area contributed by atoms with Gasteiger partial charge in [0, 0.05) is 18.7 Å². The van der Waals surface area contributed by atoms with Crippen LogP contribution in [0, 0.1) is 5.41 Å². The molecule has 0 saturated carbocycles. The van der Waals surface area contributed by atoms with Crippen molar-refractivity contribution in [2.24, 2.45) is 5.41 Å². The second-order valence-electron chi connectivity index (χ2n) is 6.64. The van der Waals surface area contributed by atoms with Crippen LogP contribution in [0.1, 0.15) is 50.4 Å². The van der Waals surface area contributed by atoms with Crippen molar-refractivity contribution in [3.63, 3.8) is 0 Å². The number of hydrogen-bond donors (Lipinski definition) is 1. The van der Waals surface area contributed by atoms with E-state index in [1.54, 1.807) is 30.0 Å². The summed E-state index contributed by atoms with van der Waals surface area (Å²) in [5.74, 6) is 0.132. The summed E-state index contributed by atoms with van der Waals surface area (Å²) in [6, 6.07) is 5.14. The van der Waals surface area contributed by atoms with Crippen molar-refractivity contribution in [3.8, 4) is 11.5 Å². The zero-order valence-corrected chi connectivity index (χ0v) is 15.2. The Hall–Kier alpha value is -2.24. The van der Waals surface area contributed by atoms with E-state index in [2.05, 4.69) is 0 Å². The van der Waals surface area contributed by atoms with E-state index < -0.39 is 11.4 Å². The predicted octanol–water partition coefficient (Wildman–Crippen LogP) is 3.20. The molecule has 1 saturated heterocycles. The molecule has 2 rings (SSSR count). The van der Waals surface area contributed by atoms with Crippen molar-refractivity contribution in [2.75, 3.05) is 26.3 Å². The van der Waals surface area contributed by atoms with Gasteiger partial charge in [-0.1, -0.05) is 6.92 Å². The summed E-state index contributed by atoms with van der Waals surface area (Å²) < 4.78 is 11.3. The Bertz CT molecular complexity index is 630. The first-order chi connectivity index (χ1) is 11.9. The molecule has 1 amide bonds. The van der Waals surface area contributed by atoms with Crippen LogP contribution in [0.4, 0.5) is 0 Å². The van der Waals surface area contributed by atoms with Gasteiger partial charge in [0.2, 0.25) is 0 Å². The first kappa shape index (κ1) is 19.1. The fraction of sp³-hybridized carbons (Fsp3) is 0.579. The fourth-order valence-electron chi connectivity index (χ4n) is 3.01. The van der Waals surface area contributed by atoms with E-state index >= 15 is 0 Å². The molecule has 1 N–H and O–H groups in total. The number of piperidine rings is 1. The van der Waals surface area contributed by atoms with E-state index in [1.165, 1.54) is 0 Å². The summed E-state index contributed by atoms with van der Waals surface area (Å²) in [5.41, 5.74) is -0.400. The Morgan fingerprint density at radius 1 is 1.24 bits per heavy atom. The van der Waals surface area contributed by atoms with E-state index in [0.717, 1.165) is 6.42 Å². The highest BCUT2D eigenvalue weighted by Crippen LogP contribution is 2.32. The Labute approximate surface area is 148 Å². The number of rotatable bonds is 7. The molecular formula is C19H27NO5. The molecule has 6 heteroatoms. The number of likely N-dealkylation sites (tertiary alicyclic amines) is 1. The number of amides is 1. The number of hydrogen-bond acceptors (Lipinski definition) is 4. The molecule has 1 aliphatic rings. The van der Waals surface area contributed by atoms with E-state index in [9.17, 15) is 14.7 Å². The third-order valence-electron chi connectivity index (χ3n) is 4.45. The van der Waals surface area contributed by atoms with Crippen LogP contribution in [0.3, 0.4) is 0 Å². The maximum absolute atomic E-state index is 12.8. The lowest BCUT2D eigenvalue weighted by Crippen LogP contribution is -2.48. The maximum Gasteiger partial charge on any atom is 0.311 e. The molecule has 1 atom stereocenters. The number of benzene rings is 1. The van der Waals surface area contributed by atoms with Crippen LogP contribution >= 0.6 is 0 Å². The molecule has 1 fully saturated rings. The zero-order chi connectivity index (χ0) is 18.4. The number of ether oxygens (including phenoxy) is 2. The van der Waals surface area contributed by atoms with Crippen LogP contribution in [0.15, 0.2) is 18.2 Å². The van der Waals surface area contributed by atoms with E-state index in [0.29, 0.717) is 49.7 Å². The Kier molecular flexibility index (Phi) is 6.28. The number of carbonyl (C=O) groups excluding carboxylic acids is 1. The molecule has 1 heterocycles. The second-order valence-corrected chi connectivity index (χ2v) is 6.64. The molecule has 0 aromatic heterocycles. The van der Waals surface area contributed by atoms with Crippen molar-refractivity contribution in [2.45, 2.75) is 40.0 Å². The smallest absolute Gasteiger partial charge is 0.311 e. The van der Waals surface area contributed by atoms with Crippen LogP contribution in [0.2, 0.25) is 0 Å². The first-order valence-electron chi connectivity index (χ1n) is 8.83. The van der Waals surface area contributed by atoms with Crippen LogP contribution in [0.25, 0.3) is 0 Å². The number of carboxylic acid groups (broad SMARTS) is 1. The number of carbonyl (C=O) groups is 2. The van der Waals surface area contributed by atoms with Crippen molar-refractivity contribution in [1.82, 2.24) is 4.90 Å². The van der Waals surface area contributed by atoms with Crippen molar-refractivity contribution in [3.05, 3.63) is 23.8 Å². The molecule has 1 unspecified atom stereocenters. The monoisotopic (exact) mass is 349 g/mol. The predicted molar refractivity (Wildman–Crippen MR) is 94.3 cm³/mol. The third-order valence-corrected chi connectivity index (χ3v) is 4.45. The number of carboxylic acids is 1. The molecular weight excluding hydrogens is 322 g/mol. The molecule has 1 aliphatic heterocycles. The van der Waals surface area contributed by atoms with Crippen LogP contribution in [0.5, 0.6) is 11.5 Å². The van der Waals surface area contributed by atoms with Gasteiger partial charge in [-0.3, -0.25) is 9.59 Å². The van der Waals surface area contributed by atoms with E-state index in [-0.39, 0.29) is 12.5 Å². The molecule has 0 aliphatic carbocycles. The van der Waals surface area contributed by atoms with Gasteiger partial charge in [0.1, 0.15) is 0 Å². The molecule has 0 bridgehead atoms. The summed E-state index contributed by atoms with van der Waals surface area (Å²) in [4.78, 5) is 25.9. The van der Waals surface area contributed by atoms with Gasteiger partial charge >= 0.3 is 5.97 Å². The first-order valence-corrected chi connectivity index (χ1v) is 8.83. The fourth-order valence-corrected chi connectivity index (χ4v) is 3.01.